The molecule has 0 bridgehead atoms. The fourth-order valence-electron chi connectivity index (χ4n) is 4.09. The van der Waals surface area contributed by atoms with Crippen LogP contribution < -0.4 is 14.9 Å². The fraction of sp³-hybridized carbons (Fsp3) is 0.727. The number of anilines is 2. The molecule has 0 aromatic heterocycles. The number of nitrogens with zero attached hydrogens (tertiary/aromatic N) is 1. The Balaban J connectivity index is 1.42. The van der Waals surface area contributed by atoms with Crippen LogP contribution in [0.25, 0.3) is 0 Å². The van der Waals surface area contributed by atoms with Crippen LogP contribution in [0.5, 0.6) is 0 Å². The van der Waals surface area contributed by atoms with Crippen molar-refractivity contribution < 1.29 is 8.42 Å². The smallest absolute Gasteiger partial charge is 0.216 e. The number of hydrogen-bond acceptors (Lipinski definition) is 4. The molecule has 1 aromatic carbocycles. The molecular formula is C22H37N3O2S. The SMILES string of the molecule is CC(C)(C)S(=O)(=O)NC1CCC(CNc2ccc(N3CCCCC3)cc2)CC1. The maximum absolute atomic E-state index is 12.3. The Morgan fingerprint density at radius 2 is 1.57 bits per heavy atom. The Labute approximate surface area is 171 Å². The van der Waals surface area contributed by atoms with E-state index in [2.05, 4.69) is 39.2 Å². The third-order valence-electron chi connectivity index (χ3n) is 6.16. The second-order valence-corrected chi connectivity index (χ2v) is 11.9. The summed E-state index contributed by atoms with van der Waals surface area (Å²) in [5.41, 5.74) is 2.51. The molecular weight excluding hydrogens is 370 g/mol. The first-order chi connectivity index (χ1) is 13.2. The molecule has 1 saturated carbocycles. The van der Waals surface area contributed by atoms with E-state index in [9.17, 15) is 8.42 Å². The van der Waals surface area contributed by atoms with Crippen molar-refractivity contribution in [2.75, 3.05) is 29.9 Å². The van der Waals surface area contributed by atoms with Crippen molar-refractivity contribution in [2.45, 2.75) is 76.5 Å². The first-order valence-corrected chi connectivity index (χ1v) is 12.3. The highest BCUT2D eigenvalue weighted by atomic mass is 32.2. The minimum Gasteiger partial charge on any atom is -0.385 e. The zero-order valence-corrected chi connectivity index (χ0v) is 18.5. The van der Waals surface area contributed by atoms with Gasteiger partial charge < -0.3 is 10.2 Å². The standard InChI is InChI=1S/C22H37N3O2S/c1-22(2,3)28(26,27)24-20-9-7-18(8-10-20)17-23-19-11-13-21(14-12-19)25-15-5-4-6-16-25/h11-14,18,20,23-24H,4-10,15-17H2,1-3H3. The van der Waals surface area contributed by atoms with Gasteiger partial charge in [0.2, 0.25) is 10.0 Å². The van der Waals surface area contributed by atoms with E-state index < -0.39 is 14.8 Å². The summed E-state index contributed by atoms with van der Waals surface area (Å²) in [6, 6.07) is 8.92. The van der Waals surface area contributed by atoms with Crippen molar-refractivity contribution >= 4 is 21.4 Å². The number of sulfonamides is 1. The number of benzene rings is 1. The van der Waals surface area contributed by atoms with E-state index in [1.54, 1.807) is 20.8 Å². The van der Waals surface area contributed by atoms with Crippen LogP contribution in [0.3, 0.4) is 0 Å². The third kappa shape index (κ3) is 5.63. The van der Waals surface area contributed by atoms with Crippen molar-refractivity contribution in [1.29, 1.82) is 0 Å². The first-order valence-electron chi connectivity index (χ1n) is 10.9. The lowest BCUT2D eigenvalue weighted by molar-refractivity contribution is 0.322. The summed E-state index contributed by atoms with van der Waals surface area (Å²) < 4.78 is 26.8. The minimum absolute atomic E-state index is 0.0873. The van der Waals surface area contributed by atoms with E-state index in [1.165, 1.54) is 43.7 Å². The second kappa shape index (κ2) is 9.04. The van der Waals surface area contributed by atoms with E-state index in [0.717, 1.165) is 32.2 Å². The predicted molar refractivity (Wildman–Crippen MR) is 119 cm³/mol. The van der Waals surface area contributed by atoms with Gasteiger partial charge >= 0.3 is 0 Å². The second-order valence-electron chi connectivity index (χ2n) is 9.43. The molecule has 28 heavy (non-hydrogen) atoms. The molecule has 158 valence electrons. The largest absolute Gasteiger partial charge is 0.385 e. The molecule has 2 N–H and O–H groups in total. The third-order valence-corrected chi connectivity index (χ3v) is 8.41. The average Bonchev–Trinajstić information content (AvgIpc) is 2.67. The van der Waals surface area contributed by atoms with Crippen molar-refractivity contribution in [3.05, 3.63) is 24.3 Å². The summed E-state index contributed by atoms with van der Waals surface area (Å²) in [4.78, 5) is 2.48. The van der Waals surface area contributed by atoms with Gasteiger partial charge in [-0.3, -0.25) is 0 Å². The van der Waals surface area contributed by atoms with E-state index in [-0.39, 0.29) is 6.04 Å². The van der Waals surface area contributed by atoms with Gasteiger partial charge in [0.05, 0.1) is 4.75 Å². The molecule has 0 atom stereocenters. The predicted octanol–water partition coefficient (Wildman–Crippen LogP) is 4.37. The van der Waals surface area contributed by atoms with E-state index in [4.69, 9.17) is 0 Å². The lowest BCUT2D eigenvalue weighted by Crippen LogP contribution is -2.46. The van der Waals surface area contributed by atoms with Crippen LogP contribution >= 0.6 is 0 Å². The number of rotatable bonds is 6. The molecule has 1 aliphatic heterocycles. The normalized spacial score (nSPS) is 24.2. The molecule has 2 fully saturated rings. The maximum Gasteiger partial charge on any atom is 0.216 e. The molecule has 1 heterocycles. The van der Waals surface area contributed by atoms with Gasteiger partial charge in [0.25, 0.3) is 0 Å². The van der Waals surface area contributed by atoms with Gasteiger partial charge in [0.15, 0.2) is 0 Å². The van der Waals surface area contributed by atoms with Gasteiger partial charge in [-0.2, -0.15) is 0 Å². The Hall–Kier alpha value is -1.27. The van der Waals surface area contributed by atoms with Crippen molar-refractivity contribution in [3.63, 3.8) is 0 Å². The van der Waals surface area contributed by atoms with Gasteiger partial charge in [-0.15, -0.1) is 0 Å². The van der Waals surface area contributed by atoms with Gasteiger partial charge in [-0.25, -0.2) is 13.1 Å². The summed E-state index contributed by atoms with van der Waals surface area (Å²) in [7, 11) is -3.25. The molecule has 0 amide bonds. The number of nitrogens with one attached hydrogen (secondary N) is 2. The summed E-state index contributed by atoms with van der Waals surface area (Å²) in [6.45, 7) is 8.57. The molecule has 3 rings (SSSR count). The lowest BCUT2D eigenvalue weighted by Gasteiger charge is -2.31. The highest BCUT2D eigenvalue weighted by Crippen LogP contribution is 2.27. The zero-order valence-electron chi connectivity index (χ0n) is 17.7. The highest BCUT2D eigenvalue weighted by molar-refractivity contribution is 7.90. The summed E-state index contributed by atoms with van der Waals surface area (Å²) in [6.07, 6.45) is 7.94. The molecule has 1 aliphatic carbocycles. The zero-order chi connectivity index (χ0) is 20.2. The molecule has 0 unspecified atom stereocenters. The fourth-order valence-corrected chi connectivity index (χ4v) is 5.11. The van der Waals surface area contributed by atoms with E-state index >= 15 is 0 Å². The van der Waals surface area contributed by atoms with Gasteiger partial charge in [0, 0.05) is 37.1 Å². The Morgan fingerprint density at radius 1 is 0.964 bits per heavy atom. The molecule has 6 heteroatoms. The van der Waals surface area contributed by atoms with Gasteiger partial charge in [0.1, 0.15) is 0 Å². The van der Waals surface area contributed by atoms with Crippen LogP contribution in [0, 0.1) is 5.92 Å². The van der Waals surface area contributed by atoms with Crippen molar-refractivity contribution in [3.8, 4) is 0 Å². The molecule has 2 aliphatic rings. The topological polar surface area (TPSA) is 61.4 Å². The van der Waals surface area contributed by atoms with Crippen molar-refractivity contribution in [1.82, 2.24) is 4.72 Å². The molecule has 5 nitrogen and oxygen atoms in total. The Bertz CT molecular complexity index is 711. The van der Waals surface area contributed by atoms with Crippen LogP contribution in [0.1, 0.15) is 65.7 Å². The van der Waals surface area contributed by atoms with Crippen LogP contribution in [0.15, 0.2) is 24.3 Å². The van der Waals surface area contributed by atoms with Crippen LogP contribution in [-0.4, -0.2) is 38.8 Å². The van der Waals surface area contributed by atoms with Crippen LogP contribution in [-0.2, 0) is 10.0 Å². The number of piperidine rings is 1. The summed E-state index contributed by atoms with van der Waals surface area (Å²) in [5, 5.41) is 3.57. The van der Waals surface area contributed by atoms with Crippen molar-refractivity contribution in [2.24, 2.45) is 5.92 Å². The summed E-state index contributed by atoms with van der Waals surface area (Å²) >= 11 is 0. The van der Waals surface area contributed by atoms with E-state index in [0.29, 0.717) is 5.92 Å². The first kappa shape index (κ1) is 21.4. The molecule has 1 aromatic rings. The van der Waals surface area contributed by atoms with E-state index in [1.807, 2.05) is 0 Å². The molecule has 0 radical (unpaired) electrons. The monoisotopic (exact) mass is 407 g/mol. The quantitative estimate of drug-likeness (QED) is 0.735. The Kier molecular flexibility index (Phi) is 6.92. The van der Waals surface area contributed by atoms with Crippen LogP contribution in [0.4, 0.5) is 11.4 Å². The average molecular weight is 408 g/mol. The van der Waals surface area contributed by atoms with Gasteiger partial charge in [-0.05, 0) is 95.9 Å². The van der Waals surface area contributed by atoms with Crippen LogP contribution in [0.2, 0.25) is 0 Å². The molecule has 1 saturated heterocycles. The summed E-state index contributed by atoms with van der Waals surface area (Å²) in [5.74, 6) is 0.608. The highest BCUT2D eigenvalue weighted by Gasteiger charge is 2.32. The minimum atomic E-state index is -3.25. The number of hydrogen-bond donors (Lipinski definition) is 2. The molecule has 0 spiro atoms. The lowest BCUT2D eigenvalue weighted by atomic mass is 9.86. The Morgan fingerprint density at radius 3 is 2.14 bits per heavy atom. The van der Waals surface area contributed by atoms with Gasteiger partial charge in [-0.1, -0.05) is 0 Å². The maximum atomic E-state index is 12.3.